The van der Waals surface area contributed by atoms with Gasteiger partial charge in [0.2, 0.25) is 10.0 Å². The zero-order valence-electron chi connectivity index (χ0n) is 24.9. The lowest BCUT2D eigenvalue weighted by Crippen LogP contribution is -2.54. The fourth-order valence-electron chi connectivity index (χ4n) is 6.48. The molecule has 0 radical (unpaired) electrons. The zero-order valence-corrected chi connectivity index (χ0v) is 25.7. The first-order valence-electron chi connectivity index (χ1n) is 14.6. The second kappa shape index (κ2) is 10.4. The van der Waals surface area contributed by atoms with Crippen molar-refractivity contribution in [1.29, 1.82) is 0 Å². The fourth-order valence-corrected chi connectivity index (χ4v) is 7.61. The number of aryl methyl sites for hydroxylation is 2. The van der Waals surface area contributed by atoms with E-state index in [2.05, 4.69) is 78.9 Å². The van der Waals surface area contributed by atoms with E-state index < -0.39 is 10.0 Å². The van der Waals surface area contributed by atoms with Crippen LogP contribution in [0.25, 0.3) is 22.3 Å². The third-order valence-corrected chi connectivity index (χ3v) is 10.1. The van der Waals surface area contributed by atoms with Gasteiger partial charge in [-0.05, 0) is 55.5 Å². The predicted molar refractivity (Wildman–Crippen MR) is 167 cm³/mol. The summed E-state index contributed by atoms with van der Waals surface area (Å²) in [6.45, 7) is 14.0. The minimum atomic E-state index is -3.27. The number of hydrogen-bond donors (Lipinski definition) is 1. The molecule has 6 rings (SSSR count). The van der Waals surface area contributed by atoms with Crippen molar-refractivity contribution in [3.8, 4) is 11.4 Å². The summed E-state index contributed by atoms with van der Waals surface area (Å²) >= 11 is 0. The van der Waals surface area contributed by atoms with Gasteiger partial charge in [-0.3, -0.25) is 0 Å². The number of piperazine rings is 1. The molecule has 1 saturated heterocycles. The number of sulfonamides is 1. The van der Waals surface area contributed by atoms with Crippen molar-refractivity contribution >= 4 is 32.4 Å². The summed E-state index contributed by atoms with van der Waals surface area (Å²) < 4.78 is 26.4. The highest BCUT2D eigenvalue weighted by Crippen LogP contribution is 2.37. The molecule has 216 valence electrons. The molecule has 1 atom stereocenters. The molecule has 9 heteroatoms. The van der Waals surface area contributed by atoms with Crippen molar-refractivity contribution in [2.24, 2.45) is 0 Å². The van der Waals surface area contributed by atoms with E-state index in [9.17, 15) is 8.42 Å². The monoisotopic (exact) mass is 572 g/mol. The topological polar surface area (TPSA) is 85.4 Å². The molecule has 2 aliphatic heterocycles. The molecule has 4 heterocycles. The van der Waals surface area contributed by atoms with Crippen LogP contribution >= 0.6 is 0 Å². The Morgan fingerprint density at radius 1 is 1.00 bits per heavy atom. The van der Waals surface area contributed by atoms with Crippen LogP contribution in [0.3, 0.4) is 0 Å². The maximum Gasteiger partial charge on any atom is 0.211 e. The number of benzene rings is 2. The van der Waals surface area contributed by atoms with Gasteiger partial charge in [0.15, 0.2) is 5.82 Å². The van der Waals surface area contributed by atoms with E-state index in [0.717, 1.165) is 58.9 Å². The van der Waals surface area contributed by atoms with Crippen molar-refractivity contribution in [1.82, 2.24) is 19.3 Å². The van der Waals surface area contributed by atoms with E-state index in [1.165, 1.54) is 28.6 Å². The van der Waals surface area contributed by atoms with Crippen LogP contribution < -0.4 is 9.80 Å². The van der Waals surface area contributed by atoms with Crippen LogP contribution in [0, 0.1) is 13.8 Å². The molecule has 0 bridgehead atoms. The Morgan fingerprint density at radius 3 is 2.54 bits per heavy atom. The van der Waals surface area contributed by atoms with Crippen molar-refractivity contribution in [2.45, 2.75) is 59.5 Å². The van der Waals surface area contributed by atoms with Gasteiger partial charge in [-0.2, -0.15) is 4.31 Å². The summed E-state index contributed by atoms with van der Waals surface area (Å²) in [5, 5.41) is 1.15. The number of anilines is 2. The highest BCUT2D eigenvalue weighted by Gasteiger charge is 2.34. The first-order chi connectivity index (χ1) is 19.5. The van der Waals surface area contributed by atoms with Gasteiger partial charge in [0, 0.05) is 79.1 Å². The van der Waals surface area contributed by atoms with Gasteiger partial charge in [-0.25, -0.2) is 18.4 Å². The van der Waals surface area contributed by atoms with Gasteiger partial charge in [0.1, 0.15) is 5.82 Å². The van der Waals surface area contributed by atoms with Crippen LogP contribution in [-0.4, -0.2) is 66.2 Å². The fraction of sp³-hybridized carbons (Fsp3) is 0.438. The SMILES string of the molecule is Cc1ccc(C(C)C)cc1N1CCc2nc(-c3cccc4[nH]cc(C)c34)nc(N3CCN(S(C)(=O)=O)[C@H](C)C3)c2C1. The largest absolute Gasteiger partial charge is 0.366 e. The number of aromatic amines is 1. The second-order valence-corrected chi connectivity index (χ2v) is 14.0. The first-order valence-corrected chi connectivity index (χ1v) is 16.4. The van der Waals surface area contributed by atoms with Crippen LogP contribution in [0.1, 0.15) is 54.6 Å². The average Bonchev–Trinajstić information content (AvgIpc) is 3.32. The molecule has 0 amide bonds. The molecule has 41 heavy (non-hydrogen) atoms. The number of hydrogen-bond acceptors (Lipinski definition) is 6. The molecule has 0 unspecified atom stereocenters. The highest BCUT2D eigenvalue weighted by atomic mass is 32.2. The Labute approximate surface area is 243 Å². The van der Waals surface area contributed by atoms with Crippen LogP contribution in [0.15, 0.2) is 42.6 Å². The molecule has 1 N–H and O–H groups in total. The summed E-state index contributed by atoms with van der Waals surface area (Å²) in [7, 11) is -3.27. The van der Waals surface area contributed by atoms with Gasteiger partial charge in [-0.15, -0.1) is 0 Å². The third kappa shape index (κ3) is 5.10. The quantitative estimate of drug-likeness (QED) is 0.345. The highest BCUT2D eigenvalue weighted by molar-refractivity contribution is 7.88. The van der Waals surface area contributed by atoms with E-state index in [1.54, 1.807) is 4.31 Å². The lowest BCUT2D eigenvalue weighted by atomic mass is 9.98. The van der Waals surface area contributed by atoms with Gasteiger partial charge < -0.3 is 14.8 Å². The average molecular weight is 573 g/mol. The van der Waals surface area contributed by atoms with Gasteiger partial charge in [0.05, 0.1) is 11.9 Å². The smallest absolute Gasteiger partial charge is 0.211 e. The summed E-state index contributed by atoms with van der Waals surface area (Å²) in [5.74, 6) is 2.12. The number of aromatic nitrogens is 3. The molecule has 2 aromatic carbocycles. The van der Waals surface area contributed by atoms with Crippen molar-refractivity contribution in [3.05, 3.63) is 70.5 Å². The molecule has 2 aliphatic rings. The van der Waals surface area contributed by atoms with Crippen LogP contribution in [-0.2, 0) is 23.0 Å². The summed E-state index contributed by atoms with van der Waals surface area (Å²) in [6.07, 6.45) is 4.16. The Balaban J connectivity index is 1.46. The molecular formula is C32H40N6O2S. The summed E-state index contributed by atoms with van der Waals surface area (Å²) in [6, 6.07) is 12.9. The maximum absolute atomic E-state index is 12.4. The maximum atomic E-state index is 12.4. The lowest BCUT2D eigenvalue weighted by molar-refractivity contribution is 0.307. The van der Waals surface area contributed by atoms with E-state index in [-0.39, 0.29) is 6.04 Å². The van der Waals surface area contributed by atoms with Gasteiger partial charge in [0.25, 0.3) is 0 Å². The molecular weight excluding hydrogens is 532 g/mol. The third-order valence-electron chi connectivity index (χ3n) is 8.71. The number of H-pyrrole nitrogens is 1. The lowest BCUT2D eigenvalue weighted by Gasteiger charge is -2.41. The van der Waals surface area contributed by atoms with Crippen LogP contribution in [0.2, 0.25) is 0 Å². The van der Waals surface area contributed by atoms with Gasteiger partial charge in [-0.1, -0.05) is 38.1 Å². The molecule has 1 fully saturated rings. The molecule has 8 nitrogen and oxygen atoms in total. The molecule has 2 aromatic heterocycles. The van der Waals surface area contributed by atoms with Crippen LogP contribution in [0.4, 0.5) is 11.5 Å². The minimum Gasteiger partial charge on any atom is -0.366 e. The summed E-state index contributed by atoms with van der Waals surface area (Å²) in [5.41, 5.74) is 9.36. The zero-order chi connectivity index (χ0) is 29.1. The summed E-state index contributed by atoms with van der Waals surface area (Å²) in [4.78, 5) is 18.6. The first kappa shape index (κ1) is 27.7. The van der Waals surface area contributed by atoms with E-state index >= 15 is 0 Å². The number of rotatable bonds is 5. The Hall–Kier alpha value is -3.43. The van der Waals surface area contributed by atoms with Gasteiger partial charge >= 0.3 is 0 Å². The molecule has 0 spiro atoms. The number of nitrogens with one attached hydrogen (secondary N) is 1. The Kier molecular flexibility index (Phi) is 7.06. The molecule has 0 saturated carbocycles. The van der Waals surface area contributed by atoms with E-state index in [4.69, 9.17) is 9.97 Å². The molecule has 0 aliphatic carbocycles. The normalized spacial score (nSPS) is 18.4. The molecule has 4 aromatic rings. The standard InChI is InChI=1S/C32H40N6O2S/c1-20(2)24-11-10-21(3)29(16-24)36-13-12-27-26(19-36)32(37-14-15-38(23(5)18-37)41(6,39)40)35-31(34-27)25-8-7-9-28-30(25)22(4)17-33-28/h7-11,16-17,20,23,33H,12-15,18-19H2,1-6H3/t23-/m1/s1. The second-order valence-electron chi connectivity index (χ2n) is 12.0. The van der Waals surface area contributed by atoms with Crippen LogP contribution in [0.5, 0.6) is 0 Å². The van der Waals surface area contributed by atoms with Crippen molar-refractivity contribution in [3.63, 3.8) is 0 Å². The van der Waals surface area contributed by atoms with Crippen molar-refractivity contribution < 1.29 is 8.42 Å². The van der Waals surface area contributed by atoms with E-state index in [1.807, 2.05) is 13.1 Å². The number of fused-ring (bicyclic) bond motifs is 2. The Bertz CT molecular complexity index is 1730. The minimum absolute atomic E-state index is 0.146. The Morgan fingerprint density at radius 2 is 1.80 bits per heavy atom. The predicted octanol–water partition coefficient (Wildman–Crippen LogP) is 5.40. The number of nitrogens with zero attached hydrogens (tertiary/aromatic N) is 5. The van der Waals surface area contributed by atoms with Crippen molar-refractivity contribution in [2.75, 3.05) is 42.2 Å². The van der Waals surface area contributed by atoms with E-state index in [0.29, 0.717) is 25.6 Å².